The third-order valence-corrected chi connectivity index (χ3v) is 4.36. The minimum absolute atomic E-state index is 0.123. The Labute approximate surface area is 160 Å². The van der Waals surface area contributed by atoms with Crippen LogP contribution in [-0.4, -0.2) is 24.2 Å². The molecule has 0 amide bonds. The summed E-state index contributed by atoms with van der Waals surface area (Å²) >= 11 is 0. The zero-order valence-electron chi connectivity index (χ0n) is 15.7. The molecule has 0 unspecified atom stereocenters. The van der Waals surface area contributed by atoms with E-state index in [4.69, 9.17) is 9.47 Å². The molecule has 0 bridgehead atoms. The number of rotatable bonds is 9. The number of carbonyl (C=O) groups is 1. The number of hydrogen-bond donors (Lipinski definition) is 0. The number of nitrogens with zero attached hydrogens (tertiary/aromatic N) is 1. The van der Waals surface area contributed by atoms with Crippen molar-refractivity contribution >= 4 is 16.9 Å². The Morgan fingerprint density at radius 3 is 2.56 bits per heavy atom. The number of benzene rings is 2. The standard InChI is InChI=1S/C23H25NO3/c1-2-26-23(25)15-7-4-10-16-27-22-17-20(18-11-5-3-6-12-18)19-13-8-9-14-21(19)24-22/h3,5-6,8-9,11-14,17H,2,4,7,10,15-16H2,1H3. The molecular formula is C23H25NO3. The third kappa shape index (κ3) is 5.30. The number of hydrogen-bond acceptors (Lipinski definition) is 4. The molecule has 1 heterocycles. The molecule has 0 saturated heterocycles. The van der Waals surface area contributed by atoms with Crippen LogP contribution in [0.25, 0.3) is 22.0 Å². The highest BCUT2D eigenvalue weighted by Crippen LogP contribution is 2.30. The first-order valence-corrected chi connectivity index (χ1v) is 9.51. The maximum atomic E-state index is 11.3. The summed E-state index contributed by atoms with van der Waals surface area (Å²) in [6.45, 7) is 2.85. The van der Waals surface area contributed by atoms with E-state index in [0.717, 1.165) is 41.3 Å². The first-order chi connectivity index (χ1) is 13.3. The van der Waals surface area contributed by atoms with Crippen LogP contribution in [-0.2, 0) is 9.53 Å². The summed E-state index contributed by atoms with van der Waals surface area (Å²) in [7, 11) is 0. The van der Waals surface area contributed by atoms with Crippen molar-refractivity contribution in [2.45, 2.75) is 32.6 Å². The van der Waals surface area contributed by atoms with Gasteiger partial charge in [0.25, 0.3) is 0 Å². The van der Waals surface area contributed by atoms with E-state index in [9.17, 15) is 4.79 Å². The molecule has 3 rings (SSSR count). The van der Waals surface area contributed by atoms with Gasteiger partial charge in [-0.3, -0.25) is 4.79 Å². The zero-order chi connectivity index (χ0) is 18.9. The molecule has 0 aliphatic carbocycles. The summed E-state index contributed by atoms with van der Waals surface area (Å²) in [5, 5.41) is 1.12. The summed E-state index contributed by atoms with van der Waals surface area (Å²) in [5.74, 6) is 0.514. The van der Waals surface area contributed by atoms with Crippen molar-refractivity contribution in [1.82, 2.24) is 4.98 Å². The van der Waals surface area contributed by atoms with E-state index in [1.165, 1.54) is 0 Å². The molecule has 0 saturated carbocycles. The molecule has 0 N–H and O–H groups in total. The molecule has 140 valence electrons. The maximum absolute atomic E-state index is 11.3. The van der Waals surface area contributed by atoms with E-state index >= 15 is 0 Å². The lowest BCUT2D eigenvalue weighted by Crippen LogP contribution is -2.04. The number of ether oxygens (including phenoxy) is 2. The second-order valence-electron chi connectivity index (χ2n) is 6.36. The van der Waals surface area contributed by atoms with Gasteiger partial charge in [-0.25, -0.2) is 4.98 Å². The van der Waals surface area contributed by atoms with Crippen molar-refractivity contribution in [1.29, 1.82) is 0 Å². The average Bonchev–Trinajstić information content (AvgIpc) is 2.71. The SMILES string of the molecule is CCOC(=O)CCCCCOc1cc(-c2ccccc2)c2ccccc2n1. The summed E-state index contributed by atoms with van der Waals surface area (Å²) in [6.07, 6.45) is 3.11. The van der Waals surface area contributed by atoms with Crippen molar-refractivity contribution in [3.8, 4) is 17.0 Å². The number of carbonyl (C=O) groups excluding carboxylic acids is 1. The Bertz CT molecular complexity index is 877. The predicted molar refractivity (Wildman–Crippen MR) is 108 cm³/mol. The van der Waals surface area contributed by atoms with Crippen LogP contribution in [0.2, 0.25) is 0 Å². The van der Waals surface area contributed by atoms with Crippen LogP contribution in [0.5, 0.6) is 5.88 Å². The predicted octanol–water partition coefficient (Wildman–Crippen LogP) is 5.40. The van der Waals surface area contributed by atoms with Gasteiger partial charge in [-0.1, -0.05) is 48.5 Å². The Morgan fingerprint density at radius 1 is 0.963 bits per heavy atom. The summed E-state index contributed by atoms with van der Waals surface area (Å²) < 4.78 is 10.8. The van der Waals surface area contributed by atoms with Crippen LogP contribution in [0, 0.1) is 0 Å². The van der Waals surface area contributed by atoms with Gasteiger partial charge in [-0.05, 0) is 43.4 Å². The Morgan fingerprint density at radius 2 is 1.74 bits per heavy atom. The zero-order valence-corrected chi connectivity index (χ0v) is 15.7. The fourth-order valence-electron chi connectivity index (χ4n) is 3.04. The van der Waals surface area contributed by atoms with Gasteiger partial charge in [0.05, 0.1) is 18.7 Å². The van der Waals surface area contributed by atoms with E-state index in [2.05, 4.69) is 23.2 Å². The first kappa shape index (κ1) is 18.9. The van der Waals surface area contributed by atoms with Gasteiger partial charge >= 0.3 is 5.97 Å². The highest BCUT2D eigenvalue weighted by atomic mass is 16.5. The number of para-hydroxylation sites is 1. The molecule has 4 nitrogen and oxygen atoms in total. The monoisotopic (exact) mass is 363 g/mol. The largest absolute Gasteiger partial charge is 0.478 e. The second-order valence-corrected chi connectivity index (χ2v) is 6.36. The van der Waals surface area contributed by atoms with Crippen LogP contribution in [0.4, 0.5) is 0 Å². The molecule has 3 aromatic rings. The van der Waals surface area contributed by atoms with Crippen molar-refractivity contribution < 1.29 is 14.3 Å². The van der Waals surface area contributed by atoms with E-state index in [1.807, 2.05) is 49.4 Å². The fraction of sp³-hybridized carbons (Fsp3) is 0.304. The van der Waals surface area contributed by atoms with E-state index in [0.29, 0.717) is 25.5 Å². The summed E-state index contributed by atoms with van der Waals surface area (Å²) in [6, 6.07) is 20.4. The molecule has 0 spiro atoms. The smallest absolute Gasteiger partial charge is 0.305 e. The summed E-state index contributed by atoms with van der Waals surface area (Å²) in [5.41, 5.74) is 3.20. The van der Waals surface area contributed by atoms with Gasteiger partial charge in [-0.15, -0.1) is 0 Å². The van der Waals surface area contributed by atoms with E-state index in [1.54, 1.807) is 0 Å². The number of esters is 1. The number of aromatic nitrogens is 1. The molecule has 0 atom stereocenters. The van der Waals surface area contributed by atoms with Crippen molar-refractivity contribution in [2.24, 2.45) is 0 Å². The number of fused-ring (bicyclic) bond motifs is 1. The molecule has 2 aromatic carbocycles. The Balaban J connectivity index is 1.63. The lowest BCUT2D eigenvalue weighted by atomic mass is 10.0. The average molecular weight is 363 g/mol. The van der Waals surface area contributed by atoms with E-state index < -0.39 is 0 Å². The van der Waals surface area contributed by atoms with Gasteiger partial charge in [0, 0.05) is 17.9 Å². The fourth-order valence-corrected chi connectivity index (χ4v) is 3.04. The van der Waals surface area contributed by atoms with Crippen LogP contribution >= 0.6 is 0 Å². The van der Waals surface area contributed by atoms with Gasteiger partial charge in [0.2, 0.25) is 5.88 Å². The van der Waals surface area contributed by atoms with Gasteiger partial charge in [-0.2, -0.15) is 0 Å². The highest BCUT2D eigenvalue weighted by Gasteiger charge is 2.08. The van der Waals surface area contributed by atoms with Gasteiger partial charge < -0.3 is 9.47 Å². The quantitative estimate of drug-likeness (QED) is 0.377. The lowest BCUT2D eigenvalue weighted by Gasteiger charge is -2.11. The minimum Gasteiger partial charge on any atom is -0.478 e. The summed E-state index contributed by atoms with van der Waals surface area (Å²) in [4.78, 5) is 16.0. The molecule has 1 aromatic heterocycles. The van der Waals surface area contributed by atoms with Gasteiger partial charge in [0.15, 0.2) is 0 Å². The Hall–Kier alpha value is -2.88. The van der Waals surface area contributed by atoms with Gasteiger partial charge in [0.1, 0.15) is 0 Å². The first-order valence-electron chi connectivity index (χ1n) is 9.51. The molecule has 0 aliphatic heterocycles. The molecule has 0 aliphatic rings. The molecule has 0 radical (unpaired) electrons. The number of unbranched alkanes of at least 4 members (excludes halogenated alkanes) is 2. The van der Waals surface area contributed by atoms with E-state index in [-0.39, 0.29) is 5.97 Å². The molecule has 27 heavy (non-hydrogen) atoms. The molecular weight excluding hydrogens is 338 g/mol. The second kappa shape index (κ2) is 9.72. The third-order valence-electron chi connectivity index (χ3n) is 4.36. The van der Waals surface area contributed by atoms with Crippen LogP contribution in [0.15, 0.2) is 60.7 Å². The Kier molecular flexibility index (Phi) is 6.80. The molecule has 0 fully saturated rings. The van der Waals surface area contributed by atoms with Crippen LogP contribution < -0.4 is 4.74 Å². The highest BCUT2D eigenvalue weighted by molar-refractivity contribution is 5.95. The molecule has 4 heteroatoms. The maximum Gasteiger partial charge on any atom is 0.305 e. The minimum atomic E-state index is -0.123. The van der Waals surface area contributed by atoms with Crippen molar-refractivity contribution in [3.63, 3.8) is 0 Å². The van der Waals surface area contributed by atoms with Crippen molar-refractivity contribution in [3.05, 3.63) is 60.7 Å². The lowest BCUT2D eigenvalue weighted by molar-refractivity contribution is -0.143. The van der Waals surface area contributed by atoms with Crippen LogP contribution in [0.1, 0.15) is 32.6 Å². The van der Waals surface area contributed by atoms with Crippen LogP contribution in [0.3, 0.4) is 0 Å². The normalized spacial score (nSPS) is 10.7. The number of pyridine rings is 1. The topological polar surface area (TPSA) is 48.4 Å². The van der Waals surface area contributed by atoms with Crippen molar-refractivity contribution in [2.75, 3.05) is 13.2 Å².